The monoisotopic (exact) mass is 301 g/mol. The molecule has 0 saturated carbocycles. The van der Waals surface area contributed by atoms with E-state index in [1.807, 2.05) is 18.3 Å². The van der Waals surface area contributed by atoms with Crippen LogP contribution in [0.25, 0.3) is 5.65 Å². The van der Waals surface area contributed by atoms with E-state index in [2.05, 4.69) is 41.9 Å². The van der Waals surface area contributed by atoms with Gasteiger partial charge in [-0.05, 0) is 36.3 Å². The highest BCUT2D eigenvalue weighted by molar-refractivity contribution is 7.03. The molecule has 3 aromatic rings. The maximum absolute atomic E-state index is 4.52. The van der Waals surface area contributed by atoms with E-state index in [0.717, 1.165) is 31.1 Å². The van der Waals surface area contributed by atoms with E-state index in [1.165, 1.54) is 17.1 Å². The normalized spacial score (nSPS) is 15.8. The maximum atomic E-state index is 4.52. The zero-order valence-corrected chi connectivity index (χ0v) is 12.4. The molecule has 4 heterocycles. The molecule has 8 heteroatoms. The fraction of sp³-hybridized carbons (Fsp3) is 0.385. The topological polar surface area (TPSA) is 62.5 Å². The molecule has 21 heavy (non-hydrogen) atoms. The first-order valence-corrected chi connectivity index (χ1v) is 7.64. The van der Waals surface area contributed by atoms with Gasteiger partial charge in [0.05, 0.1) is 0 Å². The van der Waals surface area contributed by atoms with E-state index in [-0.39, 0.29) is 0 Å². The molecule has 7 nitrogen and oxygen atoms in total. The van der Waals surface area contributed by atoms with Crippen molar-refractivity contribution in [2.75, 3.05) is 25.0 Å². The Hall–Kier alpha value is -2.06. The molecule has 0 spiro atoms. The van der Waals surface area contributed by atoms with E-state index in [1.54, 1.807) is 10.8 Å². The third kappa shape index (κ3) is 2.36. The average molecular weight is 301 g/mol. The number of fused-ring (bicyclic) bond motifs is 1. The van der Waals surface area contributed by atoms with E-state index >= 15 is 0 Å². The van der Waals surface area contributed by atoms with Gasteiger partial charge in [-0.2, -0.15) is 4.52 Å². The van der Waals surface area contributed by atoms with Crippen LogP contribution in [0.4, 0.5) is 5.82 Å². The Morgan fingerprint density at radius 3 is 3.10 bits per heavy atom. The Balaban J connectivity index is 1.39. The molecule has 4 rings (SSSR count). The standard InChI is InChI=1S/C13H15N7S/c1-18(5-10-4-15-21-8-10)11-6-19(7-11)13-3-2-12-16-14-9-20(12)17-13/h2-4,8-9,11H,5-7H2,1H3. The lowest BCUT2D eigenvalue weighted by atomic mass is 10.1. The largest absolute Gasteiger partial charge is 0.352 e. The predicted octanol–water partition coefficient (Wildman–Crippen LogP) is 0.901. The minimum Gasteiger partial charge on any atom is -0.352 e. The minimum absolute atomic E-state index is 0.559. The van der Waals surface area contributed by atoms with Gasteiger partial charge in [-0.3, -0.25) is 4.90 Å². The molecule has 108 valence electrons. The van der Waals surface area contributed by atoms with Gasteiger partial charge in [0.1, 0.15) is 12.1 Å². The lowest BCUT2D eigenvalue weighted by Crippen LogP contribution is -2.58. The molecule has 0 atom stereocenters. The molecule has 0 N–H and O–H groups in total. The molecule has 0 amide bonds. The molecule has 0 unspecified atom stereocenters. The molecule has 1 saturated heterocycles. The average Bonchev–Trinajstić information content (AvgIpc) is 3.07. The Morgan fingerprint density at radius 2 is 2.29 bits per heavy atom. The summed E-state index contributed by atoms with van der Waals surface area (Å²) in [5.41, 5.74) is 2.06. The first kappa shape index (κ1) is 12.7. The van der Waals surface area contributed by atoms with Crippen LogP contribution >= 0.6 is 11.5 Å². The fourth-order valence-electron chi connectivity index (χ4n) is 2.53. The molecular formula is C13H15N7S. The van der Waals surface area contributed by atoms with Gasteiger partial charge in [0.2, 0.25) is 0 Å². The summed E-state index contributed by atoms with van der Waals surface area (Å²) >= 11 is 1.51. The van der Waals surface area contributed by atoms with E-state index in [0.29, 0.717) is 6.04 Å². The van der Waals surface area contributed by atoms with Crippen LogP contribution in [0.15, 0.2) is 30.0 Å². The third-order valence-corrected chi connectivity index (χ3v) is 4.51. The van der Waals surface area contributed by atoms with Crippen molar-refractivity contribution in [3.05, 3.63) is 35.6 Å². The summed E-state index contributed by atoms with van der Waals surface area (Å²) in [6.07, 6.45) is 3.57. The van der Waals surface area contributed by atoms with Crippen molar-refractivity contribution in [3.63, 3.8) is 0 Å². The highest BCUT2D eigenvalue weighted by Gasteiger charge is 2.31. The van der Waals surface area contributed by atoms with Crippen LogP contribution in [-0.2, 0) is 6.54 Å². The summed E-state index contributed by atoms with van der Waals surface area (Å²) in [5.74, 6) is 0.976. The van der Waals surface area contributed by atoms with Crippen LogP contribution in [0.3, 0.4) is 0 Å². The van der Waals surface area contributed by atoms with Gasteiger partial charge in [0.15, 0.2) is 5.65 Å². The molecule has 0 radical (unpaired) electrons. The van der Waals surface area contributed by atoms with Crippen molar-refractivity contribution >= 4 is 23.0 Å². The molecular weight excluding hydrogens is 286 g/mol. The minimum atomic E-state index is 0.559. The van der Waals surface area contributed by atoms with Crippen molar-refractivity contribution in [1.82, 2.24) is 29.1 Å². The third-order valence-electron chi connectivity index (χ3n) is 3.87. The molecule has 3 aromatic heterocycles. The van der Waals surface area contributed by atoms with Gasteiger partial charge < -0.3 is 4.90 Å². The van der Waals surface area contributed by atoms with Crippen LogP contribution in [-0.4, -0.2) is 55.3 Å². The van der Waals surface area contributed by atoms with Crippen molar-refractivity contribution in [2.24, 2.45) is 0 Å². The van der Waals surface area contributed by atoms with Crippen molar-refractivity contribution in [2.45, 2.75) is 12.6 Å². The second-order valence-electron chi connectivity index (χ2n) is 5.33. The van der Waals surface area contributed by atoms with Gasteiger partial charge in [-0.15, -0.1) is 15.3 Å². The second kappa shape index (κ2) is 5.05. The number of aromatic nitrogens is 5. The molecule has 1 fully saturated rings. The number of likely N-dealkylation sites (N-methyl/N-ethyl adjacent to an activating group) is 1. The maximum Gasteiger partial charge on any atom is 0.177 e. The quantitative estimate of drug-likeness (QED) is 0.713. The smallest absolute Gasteiger partial charge is 0.177 e. The zero-order valence-electron chi connectivity index (χ0n) is 11.6. The van der Waals surface area contributed by atoms with Crippen LogP contribution in [0.2, 0.25) is 0 Å². The van der Waals surface area contributed by atoms with Gasteiger partial charge >= 0.3 is 0 Å². The molecule has 0 aromatic carbocycles. The van der Waals surface area contributed by atoms with E-state index in [4.69, 9.17) is 0 Å². The van der Waals surface area contributed by atoms with Gasteiger partial charge in [-0.25, -0.2) is 4.37 Å². The highest BCUT2D eigenvalue weighted by atomic mass is 32.1. The summed E-state index contributed by atoms with van der Waals surface area (Å²) in [7, 11) is 2.16. The molecule has 1 aliphatic rings. The zero-order chi connectivity index (χ0) is 14.2. The Kier molecular flexibility index (Phi) is 3.04. The van der Waals surface area contributed by atoms with Gasteiger partial charge in [-0.1, -0.05) is 0 Å². The van der Waals surface area contributed by atoms with Gasteiger partial charge in [0.25, 0.3) is 0 Å². The highest BCUT2D eigenvalue weighted by Crippen LogP contribution is 2.22. The first-order valence-electron chi connectivity index (χ1n) is 6.80. The summed E-state index contributed by atoms with van der Waals surface area (Å²) in [5, 5.41) is 14.4. The molecule has 1 aliphatic heterocycles. The van der Waals surface area contributed by atoms with Crippen molar-refractivity contribution in [3.8, 4) is 0 Å². The Bertz CT molecular complexity index is 732. The van der Waals surface area contributed by atoms with E-state index in [9.17, 15) is 0 Å². The number of hydrogen-bond acceptors (Lipinski definition) is 7. The van der Waals surface area contributed by atoms with Gasteiger partial charge in [0, 0.05) is 37.3 Å². The van der Waals surface area contributed by atoms with Crippen LogP contribution in [0, 0.1) is 0 Å². The summed E-state index contributed by atoms with van der Waals surface area (Å²) in [6, 6.07) is 4.51. The number of rotatable bonds is 4. The fourth-order valence-corrected chi connectivity index (χ4v) is 3.06. The second-order valence-corrected chi connectivity index (χ2v) is 5.99. The van der Waals surface area contributed by atoms with Crippen LogP contribution < -0.4 is 4.90 Å². The Labute approximate surface area is 126 Å². The summed E-state index contributed by atoms with van der Waals surface area (Å²) in [4.78, 5) is 4.64. The number of hydrogen-bond donors (Lipinski definition) is 0. The predicted molar refractivity (Wildman–Crippen MR) is 80.4 cm³/mol. The number of nitrogens with zero attached hydrogens (tertiary/aromatic N) is 7. The van der Waals surface area contributed by atoms with E-state index < -0.39 is 0 Å². The van der Waals surface area contributed by atoms with Crippen LogP contribution in [0.5, 0.6) is 0 Å². The molecule has 0 bridgehead atoms. The SMILES string of the molecule is CN(Cc1cnsc1)C1CN(c2ccc3nncn3n2)C1. The summed E-state index contributed by atoms with van der Waals surface area (Å²) in [6.45, 7) is 2.94. The lowest BCUT2D eigenvalue weighted by molar-refractivity contribution is 0.196. The first-order chi connectivity index (χ1) is 10.3. The van der Waals surface area contributed by atoms with Crippen molar-refractivity contribution < 1.29 is 0 Å². The van der Waals surface area contributed by atoms with Crippen LogP contribution in [0.1, 0.15) is 5.56 Å². The Morgan fingerprint density at radius 1 is 1.38 bits per heavy atom. The van der Waals surface area contributed by atoms with Crippen molar-refractivity contribution in [1.29, 1.82) is 0 Å². The summed E-state index contributed by atoms with van der Waals surface area (Å²) < 4.78 is 5.86. The lowest BCUT2D eigenvalue weighted by Gasteiger charge is -2.44. The molecule has 0 aliphatic carbocycles. The number of anilines is 1.